The highest BCUT2D eigenvalue weighted by Gasteiger charge is 2.18. The van der Waals surface area contributed by atoms with Crippen molar-refractivity contribution in [3.8, 4) is 11.3 Å². The highest BCUT2D eigenvalue weighted by Crippen LogP contribution is 2.33. The van der Waals surface area contributed by atoms with Crippen molar-refractivity contribution in [2.24, 2.45) is 0 Å². The highest BCUT2D eigenvalue weighted by molar-refractivity contribution is 7.99. The molecular weight excluding hydrogens is 276 g/mol. The van der Waals surface area contributed by atoms with Gasteiger partial charge in [-0.05, 0) is 0 Å². The van der Waals surface area contributed by atoms with Crippen LogP contribution in [0.5, 0.6) is 0 Å². The lowest BCUT2D eigenvalue weighted by atomic mass is 10.1. The maximum absolute atomic E-state index is 9.54. The summed E-state index contributed by atoms with van der Waals surface area (Å²) >= 11 is 3.61. The zero-order chi connectivity index (χ0) is 13.1. The fourth-order valence-electron chi connectivity index (χ4n) is 2.16. The Balaban J connectivity index is 1.94. The van der Waals surface area contributed by atoms with Gasteiger partial charge in [-0.25, -0.2) is 4.98 Å². The van der Waals surface area contributed by atoms with Crippen LogP contribution in [0.15, 0.2) is 30.3 Å². The molecule has 0 saturated carbocycles. The molecule has 0 bridgehead atoms. The molecule has 1 aliphatic rings. The third-order valence-corrected chi connectivity index (χ3v) is 5.20. The second-order valence-electron chi connectivity index (χ2n) is 4.39. The van der Waals surface area contributed by atoms with E-state index in [0.29, 0.717) is 0 Å². The number of hydrogen-bond donors (Lipinski definition) is 1. The van der Waals surface area contributed by atoms with Gasteiger partial charge in [0, 0.05) is 30.2 Å². The second-order valence-corrected chi connectivity index (χ2v) is 6.68. The van der Waals surface area contributed by atoms with Gasteiger partial charge in [0.05, 0.1) is 17.2 Å². The van der Waals surface area contributed by atoms with Crippen molar-refractivity contribution in [1.82, 2.24) is 4.98 Å². The fraction of sp³-hybridized carbons (Fsp3) is 0.357. The quantitative estimate of drug-likeness (QED) is 0.944. The van der Waals surface area contributed by atoms with Crippen LogP contribution in [0.3, 0.4) is 0 Å². The number of rotatable bonds is 3. The van der Waals surface area contributed by atoms with Gasteiger partial charge < -0.3 is 10.0 Å². The number of hydrogen-bond acceptors (Lipinski definition) is 5. The van der Waals surface area contributed by atoms with Crippen LogP contribution in [0.4, 0.5) is 5.13 Å². The number of thiazole rings is 1. The minimum absolute atomic E-state index is 0.0600. The Morgan fingerprint density at radius 1 is 1.16 bits per heavy atom. The van der Waals surface area contributed by atoms with Crippen LogP contribution in [0, 0.1) is 0 Å². The highest BCUT2D eigenvalue weighted by atomic mass is 32.2. The molecular formula is C14H16N2OS2. The number of benzene rings is 1. The number of aliphatic hydroxyl groups excluding tert-OH is 1. The first-order chi connectivity index (χ1) is 9.38. The first-order valence-electron chi connectivity index (χ1n) is 6.37. The van der Waals surface area contributed by atoms with Crippen molar-refractivity contribution in [2.75, 3.05) is 29.5 Å². The average Bonchev–Trinajstić information content (AvgIpc) is 2.93. The summed E-state index contributed by atoms with van der Waals surface area (Å²) < 4.78 is 0. The minimum atomic E-state index is 0.0600. The van der Waals surface area contributed by atoms with Gasteiger partial charge in [-0.15, -0.1) is 0 Å². The van der Waals surface area contributed by atoms with Crippen molar-refractivity contribution in [3.05, 3.63) is 35.2 Å². The zero-order valence-electron chi connectivity index (χ0n) is 10.6. The number of anilines is 1. The van der Waals surface area contributed by atoms with Gasteiger partial charge in [0.15, 0.2) is 5.13 Å². The lowest BCUT2D eigenvalue weighted by Crippen LogP contribution is -2.32. The van der Waals surface area contributed by atoms with E-state index in [1.165, 1.54) is 0 Å². The molecule has 1 aromatic carbocycles. The Hall–Kier alpha value is -1.04. The monoisotopic (exact) mass is 292 g/mol. The number of nitrogens with zero attached hydrogens (tertiary/aromatic N) is 2. The Morgan fingerprint density at radius 3 is 2.58 bits per heavy atom. The van der Waals surface area contributed by atoms with Crippen molar-refractivity contribution < 1.29 is 5.11 Å². The van der Waals surface area contributed by atoms with Gasteiger partial charge in [0.1, 0.15) is 0 Å². The minimum Gasteiger partial charge on any atom is -0.391 e. The van der Waals surface area contributed by atoms with Crippen molar-refractivity contribution in [3.63, 3.8) is 0 Å². The van der Waals surface area contributed by atoms with Gasteiger partial charge >= 0.3 is 0 Å². The van der Waals surface area contributed by atoms with E-state index in [9.17, 15) is 5.11 Å². The molecule has 0 spiro atoms. The molecule has 19 heavy (non-hydrogen) atoms. The molecule has 3 rings (SSSR count). The molecule has 1 saturated heterocycles. The molecule has 1 aliphatic heterocycles. The van der Waals surface area contributed by atoms with Crippen LogP contribution in [0.1, 0.15) is 4.88 Å². The average molecular weight is 292 g/mol. The molecule has 2 heterocycles. The number of aromatic nitrogens is 1. The van der Waals surface area contributed by atoms with Crippen LogP contribution in [0.2, 0.25) is 0 Å². The summed E-state index contributed by atoms with van der Waals surface area (Å²) in [5, 5.41) is 10.6. The molecule has 5 heteroatoms. The Morgan fingerprint density at radius 2 is 1.89 bits per heavy atom. The van der Waals surface area contributed by atoms with E-state index < -0.39 is 0 Å². The molecule has 2 aromatic rings. The number of aliphatic hydroxyl groups is 1. The van der Waals surface area contributed by atoms with E-state index in [2.05, 4.69) is 4.90 Å². The Kier molecular flexibility index (Phi) is 4.06. The van der Waals surface area contributed by atoms with Crippen LogP contribution < -0.4 is 4.90 Å². The summed E-state index contributed by atoms with van der Waals surface area (Å²) in [4.78, 5) is 8.03. The third-order valence-electron chi connectivity index (χ3n) is 3.16. The predicted octanol–water partition coefficient (Wildman–Crippen LogP) is 2.86. The topological polar surface area (TPSA) is 36.4 Å². The summed E-state index contributed by atoms with van der Waals surface area (Å²) in [6.07, 6.45) is 0. The second kappa shape index (κ2) is 5.94. The van der Waals surface area contributed by atoms with Gasteiger partial charge in [-0.2, -0.15) is 11.8 Å². The molecule has 0 atom stereocenters. The van der Waals surface area contributed by atoms with Crippen LogP contribution in [-0.2, 0) is 6.61 Å². The smallest absolute Gasteiger partial charge is 0.186 e. The summed E-state index contributed by atoms with van der Waals surface area (Å²) in [6.45, 7) is 2.17. The first kappa shape index (κ1) is 13.0. The summed E-state index contributed by atoms with van der Waals surface area (Å²) in [6, 6.07) is 10.1. The molecule has 1 aromatic heterocycles. The molecule has 0 amide bonds. The van der Waals surface area contributed by atoms with Gasteiger partial charge in [-0.1, -0.05) is 41.7 Å². The van der Waals surface area contributed by atoms with Crippen LogP contribution >= 0.6 is 23.1 Å². The van der Waals surface area contributed by atoms with E-state index in [4.69, 9.17) is 4.98 Å². The van der Waals surface area contributed by atoms with Crippen molar-refractivity contribution in [2.45, 2.75) is 6.61 Å². The fourth-order valence-corrected chi connectivity index (χ4v) is 4.05. The molecule has 3 nitrogen and oxygen atoms in total. The normalized spacial score (nSPS) is 15.7. The molecule has 0 aliphatic carbocycles. The lowest BCUT2D eigenvalue weighted by molar-refractivity contribution is 0.286. The lowest BCUT2D eigenvalue weighted by Gasteiger charge is -2.25. The third kappa shape index (κ3) is 2.78. The molecule has 0 radical (unpaired) electrons. The maximum atomic E-state index is 9.54. The SMILES string of the molecule is OCc1sc(N2CCSCC2)nc1-c1ccccc1. The van der Waals surface area contributed by atoms with Crippen LogP contribution in [0.25, 0.3) is 11.3 Å². The zero-order valence-corrected chi connectivity index (χ0v) is 12.2. The first-order valence-corrected chi connectivity index (χ1v) is 8.34. The van der Waals surface area contributed by atoms with E-state index in [1.54, 1.807) is 11.3 Å². The summed E-state index contributed by atoms with van der Waals surface area (Å²) in [5.41, 5.74) is 2.02. The summed E-state index contributed by atoms with van der Waals surface area (Å²) in [5.74, 6) is 2.32. The molecule has 100 valence electrons. The summed E-state index contributed by atoms with van der Waals surface area (Å²) in [7, 11) is 0. The van der Waals surface area contributed by atoms with E-state index in [-0.39, 0.29) is 6.61 Å². The number of thioether (sulfide) groups is 1. The predicted molar refractivity (Wildman–Crippen MR) is 83.0 cm³/mol. The van der Waals surface area contributed by atoms with Crippen LogP contribution in [-0.4, -0.2) is 34.7 Å². The molecule has 1 fully saturated rings. The van der Waals surface area contributed by atoms with E-state index in [0.717, 1.165) is 45.9 Å². The maximum Gasteiger partial charge on any atom is 0.186 e. The van der Waals surface area contributed by atoms with Crippen molar-refractivity contribution >= 4 is 28.2 Å². The van der Waals surface area contributed by atoms with Gasteiger partial charge in [-0.3, -0.25) is 0 Å². The molecule has 0 unspecified atom stereocenters. The van der Waals surface area contributed by atoms with E-state index >= 15 is 0 Å². The largest absolute Gasteiger partial charge is 0.391 e. The standard InChI is InChI=1S/C14H16N2OS2/c17-10-12-13(11-4-2-1-3-5-11)15-14(19-12)16-6-8-18-9-7-16/h1-5,17H,6-10H2. The van der Waals surface area contributed by atoms with Gasteiger partial charge in [0.25, 0.3) is 0 Å². The van der Waals surface area contributed by atoms with E-state index in [1.807, 2.05) is 42.1 Å². The Labute approximate surface area is 121 Å². The Bertz CT molecular complexity index is 536. The van der Waals surface area contributed by atoms with Gasteiger partial charge in [0.2, 0.25) is 0 Å². The molecule has 1 N–H and O–H groups in total. The van der Waals surface area contributed by atoms with Crippen molar-refractivity contribution in [1.29, 1.82) is 0 Å².